The highest BCUT2D eigenvalue weighted by atomic mass is 32.1. The van der Waals surface area contributed by atoms with Gasteiger partial charge in [0.2, 0.25) is 0 Å². The predicted octanol–water partition coefficient (Wildman–Crippen LogP) is 2.28. The van der Waals surface area contributed by atoms with Gasteiger partial charge in [-0.15, -0.1) is 11.3 Å². The maximum absolute atomic E-state index is 12.9. The van der Waals surface area contributed by atoms with Crippen molar-refractivity contribution >= 4 is 16.5 Å². The second kappa shape index (κ2) is 4.86. The first-order valence-corrected chi connectivity index (χ1v) is 6.58. The molecule has 0 unspecified atom stereocenters. The maximum atomic E-state index is 12.9. The van der Waals surface area contributed by atoms with Crippen molar-refractivity contribution in [2.75, 3.05) is 5.73 Å². The molecule has 0 aliphatic heterocycles. The third-order valence-electron chi connectivity index (χ3n) is 2.74. The van der Waals surface area contributed by atoms with Crippen LogP contribution in [0.3, 0.4) is 0 Å². The molecule has 0 spiro atoms. The summed E-state index contributed by atoms with van der Waals surface area (Å²) < 4.78 is 12.9. The van der Waals surface area contributed by atoms with E-state index >= 15 is 0 Å². The van der Waals surface area contributed by atoms with Crippen LogP contribution in [-0.2, 0) is 0 Å². The number of nitrogen functional groups attached to an aromatic ring is 1. The van der Waals surface area contributed by atoms with Crippen LogP contribution in [0.25, 0.3) is 22.5 Å². The second-order valence-corrected chi connectivity index (χ2v) is 4.96. The molecule has 0 radical (unpaired) electrons. The lowest BCUT2D eigenvalue weighted by atomic mass is 10.1. The Morgan fingerprint density at radius 1 is 1.20 bits per heavy atom. The van der Waals surface area contributed by atoms with Gasteiger partial charge >= 0.3 is 0 Å². The Hall–Kier alpha value is -2.54. The molecule has 3 N–H and O–H groups in total. The van der Waals surface area contributed by atoms with Crippen molar-refractivity contribution in [3.8, 4) is 22.5 Å². The zero-order chi connectivity index (χ0) is 14.1. The summed E-state index contributed by atoms with van der Waals surface area (Å²) in [5.41, 5.74) is 7.34. The number of nitrogens with zero attached hydrogens (tertiary/aromatic N) is 2. The first-order chi connectivity index (χ1) is 9.63. The van der Waals surface area contributed by atoms with Crippen molar-refractivity contribution in [3.63, 3.8) is 0 Å². The van der Waals surface area contributed by atoms with Crippen molar-refractivity contribution < 1.29 is 4.39 Å². The molecule has 0 amide bonds. The SMILES string of the molecule is Nc1nc(-c2cc(-c3ccc(F)cc3)n[nH]c2=O)cs1. The molecule has 5 nitrogen and oxygen atoms in total. The van der Waals surface area contributed by atoms with Gasteiger partial charge in [-0.05, 0) is 30.3 Å². The van der Waals surface area contributed by atoms with Gasteiger partial charge in [0.1, 0.15) is 5.82 Å². The van der Waals surface area contributed by atoms with Gasteiger partial charge in [-0.25, -0.2) is 14.5 Å². The van der Waals surface area contributed by atoms with Gasteiger partial charge in [0.05, 0.1) is 17.0 Å². The Kier molecular flexibility index (Phi) is 3.03. The van der Waals surface area contributed by atoms with Crippen LogP contribution in [0.15, 0.2) is 40.5 Å². The molecule has 0 bridgehead atoms. The second-order valence-electron chi connectivity index (χ2n) is 4.07. The summed E-state index contributed by atoms with van der Waals surface area (Å²) in [6, 6.07) is 7.47. The van der Waals surface area contributed by atoms with Crippen LogP contribution < -0.4 is 11.3 Å². The average Bonchev–Trinajstić information content (AvgIpc) is 2.87. The molecule has 1 aromatic carbocycles. The standard InChI is InChI=1S/C13H9FN4OS/c14-8-3-1-7(2-4-8)10-5-9(12(19)18-17-10)11-6-20-13(15)16-11/h1-6H,(H2,15,16)(H,18,19). The number of nitrogens with two attached hydrogens (primary N) is 1. The fraction of sp³-hybridized carbons (Fsp3) is 0. The first-order valence-electron chi connectivity index (χ1n) is 5.70. The van der Waals surface area contributed by atoms with Crippen molar-refractivity contribution in [3.05, 3.63) is 51.9 Å². The van der Waals surface area contributed by atoms with Crippen LogP contribution in [0.1, 0.15) is 0 Å². The molecule has 0 fully saturated rings. The molecule has 0 atom stereocenters. The van der Waals surface area contributed by atoms with E-state index in [-0.39, 0.29) is 11.4 Å². The van der Waals surface area contributed by atoms with Gasteiger partial charge in [0.25, 0.3) is 5.56 Å². The number of aromatic amines is 1. The maximum Gasteiger partial charge on any atom is 0.273 e. The Morgan fingerprint density at radius 3 is 2.60 bits per heavy atom. The molecule has 2 heterocycles. The highest BCUT2D eigenvalue weighted by molar-refractivity contribution is 7.13. The molecular formula is C13H9FN4OS. The van der Waals surface area contributed by atoms with E-state index in [4.69, 9.17) is 5.73 Å². The van der Waals surface area contributed by atoms with Crippen LogP contribution in [0, 0.1) is 5.82 Å². The number of H-pyrrole nitrogens is 1. The Bertz CT molecular complexity index is 810. The third kappa shape index (κ3) is 2.30. The molecule has 2 aromatic heterocycles. The number of rotatable bonds is 2. The topological polar surface area (TPSA) is 84.7 Å². The Labute approximate surface area is 116 Å². The average molecular weight is 288 g/mol. The number of halogens is 1. The molecule has 0 saturated heterocycles. The van der Waals surface area contributed by atoms with Crippen LogP contribution in [0.4, 0.5) is 9.52 Å². The minimum Gasteiger partial charge on any atom is -0.375 e. The van der Waals surface area contributed by atoms with Crippen molar-refractivity contribution in [2.45, 2.75) is 0 Å². The Morgan fingerprint density at radius 2 is 1.95 bits per heavy atom. The molecule has 100 valence electrons. The summed E-state index contributed by atoms with van der Waals surface area (Å²) in [5.74, 6) is -0.328. The van der Waals surface area contributed by atoms with E-state index in [2.05, 4.69) is 15.2 Å². The number of hydrogen-bond acceptors (Lipinski definition) is 5. The fourth-order valence-electron chi connectivity index (χ4n) is 1.78. The lowest BCUT2D eigenvalue weighted by Gasteiger charge is -2.02. The number of anilines is 1. The zero-order valence-electron chi connectivity index (χ0n) is 10.1. The lowest BCUT2D eigenvalue weighted by molar-refractivity contribution is 0.628. The smallest absolute Gasteiger partial charge is 0.273 e. The van der Waals surface area contributed by atoms with Gasteiger partial charge in [0.15, 0.2) is 5.13 Å². The van der Waals surface area contributed by atoms with E-state index in [0.29, 0.717) is 27.6 Å². The van der Waals surface area contributed by atoms with Crippen LogP contribution in [0.5, 0.6) is 0 Å². The summed E-state index contributed by atoms with van der Waals surface area (Å²) in [6.07, 6.45) is 0. The van der Waals surface area contributed by atoms with E-state index in [1.54, 1.807) is 23.6 Å². The van der Waals surface area contributed by atoms with Crippen LogP contribution in [-0.4, -0.2) is 15.2 Å². The van der Waals surface area contributed by atoms with Crippen LogP contribution in [0.2, 0.25) is 0 Å². The van der Waals surface area contributed by atoms with E-state index in [1.807, 2.05) is 0 Å². The predicted molar refractivity (Wildman–Crippen MR) is 75.8 cm³/mol. The quantitative estimate of drug-likeness (QED) is 0.757. The monoisotopic (exact) mass is 288 g/mol. The van der Waals surface area contributed by atoms with Gasteiger partial charge in [0, 0.05) is 10.9 Å². The molecule has 20 heavy (non-hydrogen) atoms. The molecule has 3 rings (SSSR count). The van der Waals surface area contributed by atoms with Crippen molar-refractivity contribution in [2.24, 2.45) is 0 Å². The van der Waals surface area contributed by atoms with E-state index in [0.717, 1.165) is 0 Å². The highest BCUT2D eigenvalue weighted by Gasteiger charge is 2.10. The normalized spacial score (nSPS) is 10.7. The van der Waals surface area contributed by atoms with E-state index in [9.17, 15) is 9.18 Å². The summed E-state index contributed by atoms with van der Waals surface area (Å²) in [6.45, 7) is 0. The molecular weight excluding hydrogens is 279 g/mol. The summed E-state index contributed by atoms with van der Waals surface area (Å²) in [4.78, 5) is 15.9. The van der Waals surface area contributed by atoms with Crippen molar-refractivity contribution in [1.82, 2.24) is 15.2 Å². The number of thiazole rings is 1. The molecule has 0 saturated carbocycles. The minimum absolute atomic E-state index is 0.328. The molecule has 0 aliphatic carbocycles. The van der Waals surface area contributed by atoms with Gasteiger partial charge in [-0.1, -0.05) is 0 Å². The highest BCUT2D eigenvalue weighted by Crippen LogP contribution is 2.23. The first kappa shape index (κ1) is 12.5. The lowest BCUT2D eigenvalue weighted by Crippen LogP contribution is -2.11. The zero-order valence-corrected chi connectivity index (χ0v) is 10.9. The largest absolute Gasteiger partial charge is 0.375 e. The Balaban J connectivity index is 2.11. The summed E-state index contributed by atoms with van der Waals surface area (Å²) in [5, 5.41) is 8.46. The number of hydrogen-bond donors (Lipinski definition) is 2. The number of nitrogens with one attached hydrogen (secondary N) is 1. The van der Waals surface area contributed by atoms with E-state index < -0.39 is 0 Å². The number of benzene rings is 1. The fourth-order valence-corrected chi connectivity index (χ4v) is 2.34. The number of aromatic nitrogens is 3. The molecule has 3 aromatic rings. The van der Waals surface area contributed by atoms with E-state index in [1.165, 1.54) is 23.5 Å². The molecule has 0 aliphatic rings. The minimum atomic E-state index is -0.346. The van der Waals surface area contributed by atoms with Gasteiger partial charge in [-0.2, -0.15) is 5.10 Å². The van der Waals surface area contributed by atoms with Gasteiger partial charge in [-0.3, -0.25) is 4.79 Å². The third-order valence-corrected chi connectivity index (χ3v) is 3.42. The summed E-state index contributed by atoms with van der Waals surface area (Å²) in [7, 11) is 0. The van der Waals surface area contributed by atoms with Crippen LogP contribution >= 0.6 is 11.3 Å². The molecule has 7 heteroatoms. The summed E-state index contributed by atoms with van der Waals surface area (Å²) >= 11 is 1.26. The van der Waals surface area contributed by atoms with Crippen molar-refractivity contribution in [1.29, 1.82) is 0 Å². The van der Waals surface area contributed by atoms with Gasteiger partial charge < -0.3 is 5.73 Å².